The molecule has 1 aromatic carbocycles. The minimum absolute atomic E-state index is 0.0102. The lowest BCUT2D eigenvalue weighted by Crippen LogP contribution is -2.13. The maximum Gasteiger partial charge on any atom is 0.225 e. The molecule has 5 heteroatoms. The van der Waals surface area contributed by atoms with Gasteiger partial charge in [-0.05, 0) is 32.2 Å². The standard InChI is InChI=1S/C14H21NO3S/c1-4-17-11-6-7-13(18-5-2)12(10-11)15-14(16)8-9-19-3/h6-7,10H,4-5,8-9H2,1-3H3,(H,15,16). The average molecular weight is 283 g/mol. The molecule has 0 aliphatic carbocycles. The Bertz CT molecular complexity index is 410. The van der Waals surface area contributed by atoms with Gasteiger partial charge in [0.05, 0.1) is 18.9 Å². The Hall–Kier alpha value is -1.36. The van der Waals surface area contributed by atoms with Crippen LogP contribution in [0.3, 0.4) is 0 Å². The van der Waals surface area contributed by atoms with Crippen LogP contribution < -0.4 is 14.8 Å². The van der Waals surface area contributed by atoms with Gasteiger partial charge < -0.3 is 14.8 Å². The molecule has 1 aromatic rings. The summed E-state index contributed by atoms with van der Waals surface area (Å²) in [7, 11) is 0. The second-order valence-electron chi connectivity index (χ2n) is 3.81. The van der Waals surface area contributed by atoms with Crippen molar-refractivity contribution < 1.29 is 14.3 Å². The second-order valence-corrected chi connectivity index (χ2v) is 4.80. The summed E-state index contributed by atoms with van der Waals surface area (Å²) in [6.07, 6.45) is 2.47. The largest absolute Gasteiger partial charge is 0.494 e. The first-order chi connectivity index (χ1) is 9.21. The van der Waals surface area contributed by atoms with E-state index in [4.69, 9.17) is 9.47 Å². The predicted molar refractivity (Wildman–Crippen MR) is 80.4 cm³/mol. The Labute approximate surface area is 118 Å². The zero-order valence-electron chi connectivity index (χ0n) is 11.7. The lowest BCUT2D eigenvalue weighted by Gasteiger charge is -2.13. The molecular formula is C14H21NO3S. The number of hydrogen-bond donors (Lipinski definition) is 1. The van der Waals surface area contributed by atoms with Gasteiger partial charge in [-0.25, -0.2) is 0 Å². The summed E-state index contributed by atoms with van der Waals surface area (Å²) in [6, 6.07) is 5.45. The summed E-state index contributed by atoms with van der Waals surface area (Å²) in [6.45, 7) is 4.98. The number of hydrogen-bond acceptors (Lipinski definition) is 4. The molecule has 0 radical (unpaired) electrons. The lowest BCUT2D eigenvalue weighted by molar-refractivity contribution is -0.115. The number of carbonyl (C=O) groups is 1. The molecule has 0 saturated carbocycles. The maximum absolute atomic E-state index is 11.8. The second kappa shape index (κ2) is 8.69. The van der Waals surface area contributed by atoms with Crippen molar-refractivity contribution in [2.24, 2.45) is 0 Å². The molecule has 0 unspecified atom stereocenters. The summed E-state index contributed by atoms with van der Waals surface area (Å²) in [5.41, 5.74) is 0.666. The van der Waals surface area contributed by atoms with Crippen molar-refractivity contribution >= 4 is 23.4 Å². The highest BCUT2D eigenvalue weighted by Crippen LogP contribution is 2.29. The van der Waals surface area contributed by atoms with E-state index in [1.165, 1.54) is 0 Å². The molecule has 0 aliphatic heterocycles. The zero-order valence-corrected chi connectivity index (χ0v) is 12.5. The fraction of sp³-hybridized carbons (Fsp3) is 0.500. The first-order valence-electron chi connectivity index (χ1n) is 6.39. The van der Waals surface area contributed by atoms with Crippen LogP contribution in [-0.4, -0.2) is 31.1 Å². The van der Waals surface area contributed by atoms with Crippen LogP contribution in [-0.2, 0) is 4.79 Å². The van der Waals surface area contributed by atoms with Gasteiger partial charge in [0, 0.05) is 18.2 Å². The number of carbonyl (C=O) groups excluding carboxylic acids is 1. The Morgan fingerprint density at radius 3 is 2.63 bits per heavy atom. The van der Waals surface area contributed by atoms with Crippen molar-refractivity contribution in [3.63, 3.8) is 0 Å². The summed E-state index contributed by atoms with van der Waals surface area (Å²) in [4.78, 5) is 11.8. The van der Waals surface area contributed by atoms with Crippen LogP contribution in [0.15, 0.2) is 18.2 Å². The summed E-state index contributed by atoms with van der Waals surface area (Å²) in [5, 5.41) is 2.87. The van der Waals surface area contributed by atoms with Crippen LogP contribution in [0.2, 0.25) is 0 Å². The number of rotatable bonds is 8. The molecule has 1 amide bonds. The minimum atomic E-state index is -0.0102. The first kappa shape index (κ1) is 15.7. The van der Waals surface area contributed by atoms with Crippen molar-refractivity contribution in [3.05, 3.63) is 18.2 Å². The summed E-state index contributed by atoms with van der Waals surface area (Å²) >= 11 is 1.65. The van der Waals surface area contributed by atoms with E-state index < -0.39 is 0 Å². The molecule has 0 spiro atoms. The average Bonchev–Trinajstić information content (AvgIpc) is 2.40. The van der Waals surface area contributed by atoms with Gasteiger partial charge >= 0.3 is 0 Å². The fourth-order valence-corrected chi connectivity index (χ4v) is 1.94. The molecule has 0 heterocycles. The topological polar surface area (TPSA) is 47.6 Å². The normalized spacial score (nSPS) is 10.1. The molecule has 1 N–H and O–H groups in total. The van der Waals surface area contributed by atoms with E-state index in [1.54, 1.807) is 17.8 Å². The molecule has 4 nitrogen and oxygen atoms in total. The van der Waals surface area contributed by atoms with Crippen LogP contribution >= 0.6 is 11.8 Å². The molecule has 0 aromatic heterocycles. The molecule has 0 aliphatic rings. The number of benzene rings is 1. The number of nitrogens with one attached hydrogen (secondary N) is 1. The fourth-order valence-electron chi connectivity index (χ4n) is 1.55. The minimum Gasteiger partial charge on any atom is -0.494 e. The number of anilines is 1. The highest BCUT2D eigenvalue weighted by molar-refractivity contribution is 7.98. The molecule has 19 heavy (non-hydrogen) atoms. The van der Waals surface area contributed by atoms with Crippen LogP contribution in [0.25, 0.3) is 0 Å². The molecule has 1 rings (SSSR count). The molecule has 0 saturated heterocycles. The van der Waals surface area contributed by atoms with Gasteiger partial charge in [0.1, 0.15) is 11.5 Å². The quantitative estimate of drug-likeness (QED) is 0.796. The van der Waals surface area contributed by atoms with Gasteiger partial charge in [0.2, 0.25) is 5.91 Å². The third-order valence-corrected chi connectivity index (χ3v) is 2.98. The van der Waals surface area contributed by atoms with E-state index in [9.17, 15) is 4.79 Å². The van der Waals surface area contributed by atoms with Crippen LogP contribution in [0.4, 0.5) is 5.69 Å². The maximum atomic E-state index is 11.8. The van der Waals surface area contributed by atoms with Gasteiger partial charge in [0.25, 0.3) is 0 Å². The zero-order chi connectivity index (χ0) is 14.1. The van der Waals surface area contributed by atoms with Gasteiger partial charge in [-0.15, -0.1) is 0 Å². The van der Waals surface area contributed by atoms with Crippen molar-refractivity contribution in [1.29, 1.82) is 0 Å². The molecule has 0 bridgehead atoms. The monoisotopic (exact) mass is 283 g/mol. The van der Waals surface area contributed by atoms with Crippen LogP contribution in [0.5, 0.6) is 11.5 Å². The van der Waals surface area contributed by atoms with Crippen molar-refractivity contribution in [1.82, 2.24) is 0 Å². The summed E-state index contributed by atoms with van der Waals surface area (Å²) < 4.78 is 10.9. The van der Waals surface area contributed by atoms with Crippen LogP contribution in [0.1, 0.15) is 20.3 Å². The van der Waals surface area contributed by atoms with Gasteiger partial charge in [-0.1, -0.05) is 0 Å². The van der Waals surface area contributed by atoms with Crippen molar-refractivity contribution in [3.8, 4) is 11.5 Å². The van der Waals surface area contributed by atoms with Crippen molar-refractivity contribution in [2.75, 3.05) is 30.5 Å². The van der Waals surface area contributed by atoms with Gasteiger partial charge in [0.15, 0.2) is 0 Å². The summed E-state index contributed by atoms with van der Waals surface area (Å²) in [5.74, 6) is 2.19. The molecule has 106 valence electrons. The van der Waals surface area contributed by atoms with Crippen molar-refractivity contribution in [2.45, 2.75) is 20.3 Å². The van der Waals surface area contributed by atoms with E-state index in [-0.39, 0.29) is 5.91 Å². The molecular weight excluding hydrogens is 262 g/mol. The Kier molecular flexibility index (Phi) is 7.18. The lowest BCUT2D eigenvalue weighted by atomic mass is 10.2. The number of thioether (sulfide) groups is 1. The van der Waals surface area contributed by atoms with Gasteiger partial charge in [-0.3, -0.25) is 4.79 Å². The van der Waals surface area contributed by atoms with E-state index >= 15 is 0 Å². The van der Waals surface area contributed by atoms with E-state index in [2.05, 4.69) is 5.32 Å². The van der Waals surface area contributed by atoms with E-state index in [0.717, 1.165) is 11.5 Å². The smallest absolute Gasteiger partial charge is 0.225 e. The number of ether oxygens (including phenoxy) is 2. The third-order valence-electron chi connectivity index (χ3n) is 2.37. The molecule has 0 atom stereocenters. The Balaban J connectivity index is 2.80. The first-order valence-corrected chi connectivity index (χ1v) is 7.79. The number of amides is 1. The predicted octanol–water partition coefficient (Wildman–Crippen LogP) is 3.18. The highest BCUT2D eigenvalue weighted by atomic mass is 32.2. The van der Waals surface area contributed by atoms with E-state index in [1.807, 2.05) is 32.2 Å². The third kappa shape index (κ3) is 5.42. The highest BCUT2D eigenvalue weighted by Gasteiger charge is 2.09. The van der Waals surface area contributed by atoms with Crippen LogP contribution in [0, 0.1) is 0 Å². The van der Waals surface area contributed by atoms with E-state index in [0.29, 0.717) is 31.1 Å². The van der Waals surface area contributed by atoms with Gasteiger partial charge in [-0.2, -0.15) is 11.8 Å². The Morgan fingerprint density at radius 2 is 2.00 bits per heavy atom. The molecule has 0 fully saturated rings. The SMILES string of the molecule is CCOc1ccc(OCC)c(NC(=O)CCSC)c1. The Morgan fingerprint density at radius 1 is 1.26 bits per heavy atom.